The zero-order valence-corrected chi connectivity index (χ0v) is 13.2. The minimum atomic E-state index is -1.26. The molecule has 0 unspecified atom stereocenters. The number of carbonyl (C=O) groups is 2. The van der Waals surface area contributed by atoms with E-state index in [2.05, 4.69) is 10.4 Å². The van der Waals surface area contributed by atoms with Crippen molar-refractivity contribution in [2.45, 2.75) is 31.8 Å². The van der Waals surface area contributed by atoms with E-state index in [1.54, 1.807) is 16.9 Å². The Balaban J connectivity index is 1.69. The molecule has 0 aromatic carbocycles. The number of furan rings is 1. The van der Waals surface area contributed by atoms with Gasteiger partial charge in [-0.1, -0.05) is 11.6 Å². The maximum Gasteiger partial charge on any atom is 0.329 e. The summed E-state index contributed by atoms with van der Waals surface area (Å²) >= 11 is 5.79. The number of carboxylic acid groups (broad SMARTS) is 1. The molecule has 0 radical (unpaired) electrons. The van der Waals surface area contributed by atoms with Crippen LogP contribution in [0.25, 0.3) is 0 Å². The van der Waals surface area contributed by atoms with Crippen LogP contribution in [-0.2, 0) is 11.3 Å². The maximum atomic E-state index is 12.3. The Hall–Kier alpha value is -2.28. The minimum absolute atomic E-state index is 0.0374. The van der Waals surface area contributed by atoms with Gasteiger partial charge in [0.2, 0.25) is 0 Å². The highest BCUT2D eigenvalue weighted by atomic mass is 35.5. The highest BCUT2D eigenvalue weighted by Crippen LogP contribution is 2.39. The van der Waals surface area contributed by atoms with E-state index in [0.29, 0.717) is 17.3 Å². The fourth-order valence-corrected chi connectivity index (χ4v) is 2.61. The van der Waals surface area contributed by atoms with E-state index in [1.807, 2.05) is 0 Å². The summed E-state index contributed by atoms with van der Waals surface area (Å²) in [7, 11) is 0. The first kappa shape index (κ1) is 15.6. The Morgan fingerprint density at radius 3 is 2.83 bits per heavy atom. The van der Waals surface area contributed by atoms with E-state index in [1.165, 1.54) is 19.2 Å². The molecule has 1 amide bonds. The molecule has 7 nitrogen and oxygen atoms in total. The number of carbonyl (C=O) groups excluding carboxylic acids is 1. The molecule has 122 valence electrons. The molecule has 0 spiro atoms. The summed E-state index contributed by atoms with van der Waals surface area (Å²) < 4.78 is 7.05. The molecule has 1 atom stereocenters. The number of nitrogens with one attached hydrogen (secondary N) is 1. The molecule has 23 heavy (non-hydrogen) atoms. The molecule has 1 aliphatic rings. The summed E-state index contributed by atoms with van der Waals surface area (Å²) in [6.45, 7) is 1.86. The molecule has 2 N–H and O–H groups in total. The lowest BCUT2D eigenvalue weighted by molar-refractivity contribution is -0.144. The molecule has 2 aromatic heterocycles. The van der Waals surface area contributed by atoms with Crippen LogP contribution in [0.5, 0.6) is 0 Å². The van der Waals surface area contributed by atoms with E-state index in [4.69, 9.17) is 16.0 Å². The molecular formula is C15H16ClN3O4. The number of carboxylic acids is 1. The van der Waals surface area contributed by atoms with Crippen molar-refractivity contribution < 1.29 is 19.1 Å². The van der Waals surface area contributed by atoms with Crippen molar-refractivity contribution in [2.24, 2.45) is 5.92 Å². The highest BCUT2D eigenvalue weighted by Gasteiger charge is 2.48. The number of nitrogens with zero attached hydrogens (tertiary/aromatic N) is 2. The smallest absolute Gasteiger partial charge is 0.329 e. The third-order valence-corrected chi connectivity index (χ3v) is 4.21. The predicted molar refractivity (Wildman–Crippen MR) is 81.3 cm³/mol. The van der Waals surface area contributed by atoms with Gasteiger partial charge < -0.3 is 14.8 Å². The van der Waals surface area contributed by atoms with Crippen molar-refractivity contribution in [3.8, 4) is 0 Å². The van der Waals surface area contributed by atoms with Gasteiger partial charge in [0.25, 0.3) is 5.91 Å². The monoisotopic (exact) mass is 337 g/mol. The number of hydrogen-bond donors (Lipinski definition) is 2. The van der Waals surface area contributed by atoms with Gasteiger partial charge in [-0.25, -0.2) is 4.79 Å². The number of amides is 1. The van der Waals surface area contributed by atoms with E-state index in [9.17, 15) is 14.7 Å². The fourth-order valence-electron chi connectivity index (χ4n) is 2.46. The van der Waals surface area contributed by atoms with Crippen LogP contribution in [0.3, 0.4) is 0 Å². The lowest BCUT2D eigenvalue weighted by atomic mass is 9.96. The normalized spacial score (nSPS) is 16.8. The summed E-state index contributed by atoms with van der Waals surface area (Å²) in [5.41, 5.74) is -1.26. The topological polar surface area (TPSA) is 97.4 Å². The summed E-state index contributed by atoms with van der Waals surface area (Å²) in [6.07, 6.45) is 4.74. The Morgan fingerprint density at radius 2 is 2.26 bits per heavy atom. The molecule has 0 saturated heterocycles. The van der Waals surface area contributed by atoms with Gasteiger partial charge in [0, 0.05) is 6.20 Å². The summed E-state index contributed by atoms with van der Waals surface area (Å²) in [5.74, 6) is -1.01. The van der Waals surface area contributed by atoms with Crippen LogP contribution in [0.4, 0.5) is 0 Å². The Labute approximate surface area is 137 Å². The summed E-state index contributed by atoms with van der Waals surface area (Å²) in [5, 5.41) is 16.5. The van der Waals surface area contributed by atoms with Crippen molar-refractivity contribution in [2.75, 3.05) is 0 Å². The van der Waals surface area contributed by atoms with Crippen LogP contribution >= 0.6 is 11.6 Å². The van der Waals surface area contributed by atoms with Gasteiger partial charge in [-0.05, 0) is 37.8 Å². The van der Waals surface area contributed by atoms with Crippen LogP contribution in [0, 0.1) is 5.92 Å². The first-order chi connectivity index (χ1) is 10.9. The number of aromatic nitrogens is 2. The molecule has 2 heterocycles. The summed E-state index contributed by atoms with van der Waals surface area (Å²) in [6, 6.07) is 3.17. The first-order valence-corrected chi connectivity index (χ1v) is 7.59. The molecule has 1 saturated carbocycles. The van der Waals surface area contributed by atoms with Crippen molar-refractivity contribution in [3.63, 3.8) is 0 Å². The molecule has 8 heteroatoms. The van der Waals surface area contributed by atoms with E-state index >= 15 is 0 Å². The van der Waals surface area contributed by atoms with Gasteiger partial charge in [-0.3, -0.25) is 9.48 Å². The number of rotatable bonds is 6. The second-order valence-electron chi connectivity index (χ2n) is 5.86. The van der Waals surface area contributed by atoms with Gasteiger partial charge in [0.1, 0.15) is 11.3 Å². The molecule has 0 aliphatic heterocycles. The number of aliphatic carboxylic acids is 1. The molecule has 2 aromatic rings. The van der Waals surface area contributed by atoms with Crippen molar-refractivity contribution in [1.29, 1.82) is 0 Å². The largest absolute Gasteiger partial charge is 0.480 e. The standard InChI is InChI=1S/C15H16ClN3O4/c1-15(14(21)22,9-2-3-9)18-13(20)12-5-4-11(23-12)8-19-7-10(16)6-17-19/h4-7,9H,2-3,8H2,1H3,(H,18,20)(H,21,22)/t15-/m1/s1. The molecule has 1 aliphatic carbocycles. The predicted octanol–water partition coefficient (Wildman–Crippen LogP) is 2.16. The van der Waals surface area contributed by atoms with E-state index in [-0.39, 0.29) is 11.7 Å². The third kappa shape index (κ3) is 3.24. The average molecular weight is 338 g/mol. The Kier molecular flexibility index (Phi) is 3.89. The van der Waals surface area contributed by atoms with Gasteiger partial charge >= 0.3 is 5.97 Å². The van der Waals surface area contributed by atoms with Crippen LogP contribution in [0.2, 0.25) is 5.02 Å². The number of halogens is 1. The van der Waals surface area contributed by atoms with Crippen molar-refractivity contribution in [3.05, 3.63) is 41.1 Å². The Bertz CT molecular complexity index is 749. The third-order valence-electron chi connectivity index (χ3n) is 4.02. The highest BCUT2D eigenvalue weighted by molar-refractivity contribution is 6.30. The molecule has 1 fully saturated rings. The second-order valence-corrected chi connectivity index (χ2v) is 6.29. The van der Waals surface area contributed by atoms with Gasteiger partial charge in [-0.15, -0.1) is 0 Å². The van der Waals surface area contributed by atoms with Crippen LogP contribution in [0.15, 0.2) is 28.9 Å². The van der Waals surface area contributed by atoms with Crippen molar-refractivity contribution in [1.82, 2.24) is 15.1 Å². The lowest BCUT2D eigenvalue weighted by Gasteiger charge is -2.25. The zero-order valence-electron chi connectivity index (χ0n) is 12.5. The number of hydrogen-bond acceptors (Lipinski definition) is 4. The van der Waals surface area contributed by atoms with Crippen molar-refractivity contribution >= 4 is 23.5 Å². The lowest BCUT2D eigenvalue weighted by Crippen LogP contribution is -2.53. The SMILES string of the molecule is C[C@](NC(=O)c1ccc(Cn2cc(Cl)cn2)o1)(C(=O)O)C1CC1. The maximum absolute atomic E-state index is 12.3. The van der Waals surface area contributed by atoms with Gasteiger partial charge in [-0.2, -0.15) is 5.10 Å². The first-order valence-electron chi connectivity index (χ1n) is 7.21. The summed E-state index contributed by atoms with van der Waals surface area (Å²) in [4.78, 5) is 23.7. The van der Waals surface area contributed by atoms with Crippen LogP contribution in [0.1, 0.15) is 36.1 Å². The van der Waals surface area contributed by atoms with Gasteiger partial charge in [0.05, 0.1) is 17.8 Å². The Morgan fingerprint density at radius 1 is 1.52 bits per heavy atom. The van der Waals surface area contributed by atoms with E-state index < -0.39 is 17.4 Å². The van der Waals surface area contributed by atoms with Gasteiger partial charge in [0.15, 0.2) is 5.76 Å². The minimum Gasteiger partial charge on any atom is -0.480 e. The molecule has 3 rings (SSSR count). The van der Waals surface area contributed by atoms with Crippen LogP contribution in [-0.4, -0.2) is 32.3 Å². The van der Waals surface area contributed by atoms with E-state index in [0.717, 1.165) is 12.8 Å². The zero-order chi connectivity index (χ0) is 16.6. The average Bonchev–Trinajstić information content (AvgIpc) is 3.13. The van der Waals surface area contributed by atoms with Crippen LogP contribution < -0.4 is 5.32 Å². The second kappa shape index (κ2) is 5.73. The molecular weight excluding hydrogens is 322 g/mol. The fraction of sp³-hybridized carbons (Fsp3) is 0.400. The molecule has 0 bridgehead atoms. The quantitative estimate of drug-likeness (QED) is 0.841.